The molecule has 0 spiro atoms. The first-order chi connectivity index (χ1) is 13.5. The van der Waals surface area contributed by atoms with Crippen LogP contribution in [0.5, 0.6) is 0 Å². The third-order valence-electron chi connectivity index (χ3n) is 5.47. The minimum absolute atomic E-state index is 0.0536. The lowest BCUT2D eigenvalue weighted by Gasteiger charge is -2.37. The molecule has 1 saturated heterocycles. The van der Waals surface area contributed by atoms with Crippen molar-refractivity contribution in [2.24, 2.45) is 5.92 Å². The van der Waals surface area contributed by atoms with E-state index in [2.05, 4.69) is 0 Å². The predicted octanol–water partition coefficient (Wildman–Crippen LogP) is 3.66. The summed E-state index contributed by atoms with van der Waals surface area (Å²) in [6.07, 6.45) is 1.69. The number of hydrogen-bond donors (Lipinski definition) is 0. The zero-order valence-corrected chi connectivity index (χ0v) is 16.4. The van der Waals surface area contributed by atoms with Crippen LogP contribution in [0.25, 0.3) is 0 Å². The molecule has 2 amide bonds. The molecule has 1 heterocycles. The Hall–Kier alpha value is -2.66. The first-order valence-electron chi connectivity index (χ1n) is 9.91. The molecule has 2 atom stereocenters. The fourth-order valence-electron chi connectivity index (χ4n) is 3.81. The summed E-state index contributed by atoms with van der Waals surface area (Å²) in [5.74, 6) is 0.152. The molecule has 2 aromatic rings. The fraction of sp³-hybridized carbons (Fsp3) is 0.391. The van der Waals surface area contributed by atoms with E-state index in [1.807, 2.05) is 66.4 Å². The second kappa shape index (κ2) is 7.76. The van der Waals surface area contributed by atoms with Crippen LogP contribution < -0.4 is 4.90 Å². The minimum atomic E-state index is -0.146. The van der Waals surface area contributed by atoms with Crippen molar-refractivity contribution in [2.45, 2.75) is 32.0 Å². The Morgan fingerprint density at radius 1 is 1.00 bits per heavy atom. The van der Waals surface area contributed by atoms with E-state index in [1.165, 1.54) is 0 Å². The number of ether oxygens (including phenoxy) is 1. The minimum Gasteiger partial charge on any atom is -0.367 e. The molecule has 4 rings (SSSR count). The van der Waals surface area contributed by atoms with Crippen LogP contribution in [0.3, 0.4) is 0 Å². The molecule has 5 heteroatoms. The summed E-state index contributed by atoms with van der Waals surface area (Å²) in [7, 11) is 1.77. The Kier molecular flexibility index (Phi) is 5.18. The zero-order chi connectivity index (χ0) is 19.7. The molecule has 0 aromatic heterocycles. The van der Waals surface area contributed by atoms with Gasteiger partial charge in [-0.1, -0.05) is 42.5 Å². The van der Waals surface area contributed by atoms with Gasteiger partial charge < -0.3 is 14.5 Å². The van der Waals surface area contributed by atoms with Crippen molar-refractivity contribution in [3.05, 3.63) is 65.7 Å². The van der Waals surface area contributed by atoms with Crippen molar-refractivity contribution in [1.82, 2.24) is 4.90 Å². The highest BCUT2D eigenvalue weighted by Gasteiger charge is 2.35. The summed E-state index contributed by atoms with van der Waals surface area (Å²) in [6, 6.07) is 17.4. The van der Waals surface area contributed by atoms with Gasteiger partial charge in [-0.2, -0.15) is 0 Å². The molecule has 2 aliphatic rings. The number of rotatable bonds is 4. The number of morpholine rings is 1. The van der Waals surface area contributed by atoms with Crippen LogP contribution in [0.2, 0.25) is 0 Å². The highest BCUT2D eigenvalue weighted by atomic mass is 16.5. The summed E-state index contributed by atoms with van der Waals surface area (Å²) < 4.78 is 6.09. The number of benzene rings is 2. The van der Waals surface area contributed by atoms with Gasteiger partial charge >= 0.3 is 0 Å². The predicted molar refractivity (Wildman–Crippen MR) is 108 cm³/mol. The number of para-hydroxylation sites is 1. The van der Waals surface area contributed by atoms with Gasteiger partial charge in [0.15, 0.2) is 0 Å². The van der Waals surface area contributed by atoms with Gasteiger partial charge in [0, 0.05) is 19.5 Å². The molecule has 0 radical (unpaired) electrons. The maximum Gasteiger partial charge on any atom is 0.256 e. The summed E-state index contributed by atoms with van der Waals surface area (Å²) in [6.45, 7) is 3.03. The normalized spacial score (nSPS) is 22.0. The Balaban J connectivity index is 1.58. The SMILES string of the molecule is C[C@@H]1CN(C(=O)c2ccccc2N(C)C(=O)C2CC2)C[C@@H](c2ccccc2)O1. The molecule has 2 fully saturated rings. The van der Waals surface area contributed by atoms with Gasteiger partial charge in [0.25, 0.3) is 5.91 Å². The number of carbonyl (C=O) groups is 2. The van der Waals surface area contributed by atoms with Gasteiger partial charge in [0.05, 0.1) is 23.9 Å². The Labute approximate surface area is 165 Å². The van der Waals surface area contributed by atoms with E-state index in [4.69, 9.17) is 4.74 Å². The third-order valence-corrected chi connectivity index (χ3v) is 5.47. The van der Waals surface area contributed by atoms with Crippen LogP contribution in [0.4, 0.5) is 5.69 Å². The highest BCUT2D eigenvalue weighted by Crippen LogP contribution is 2.34. The van der Waals surface area contributed by atoms with Gasteiger partial charge in [-0.05, 0) is 37.5 Å². The Morgan fingerprint density at radius 3 is 2.39 bits per heavy atom. The molecule has 5 nitrogen and oxygen atoms in total. The van der Waals surface area contributed by atoms with Gasteiger partial charge in [-0.15, -0.1) is 0 Å². The topological polar surface area (TPSA) is 49.9 Å². The van der Waals surface area contributed by atoms with E-state index in [9.17, 15) is 9.59 Å². The molecule has 1 aliphatic carbocycles. The monoisotopic (exact) mass is 378 g/mol. The zero-order valence-electron chi connectivity index (χ0n) is 16.4. The highest BCUT2D eigenvalue weighted by molar-refractivity contribution is 6.05. The van der Waals surface area contributed by atoms with E-state index < -0.39 is 0 Å². The number of carbonyl (C=O) groups excluding carboxylic acids is 2. The van der Waals surface area contributed by atoms with Crippen LogP contribution >= 0.6 is 0 Å². The number of hydrogen-bond acceptors (Lipinski definition) is 3. The van der Waals surface area contributed by atoms with E-state index >= 15 is 0 Å². The van der Waals surface area contributed by atoms with E-state index in [0.717, 1.165) is 18.4 Å². The van der Waals surface area contributed by atoms with Crippen molar-refractivity contribution in [3.63, 3.8) is 0 Å². The van der Waals surface area contributed by atoms with E-state index in [-0.39, 0.29) is 29.9 Å². The molecule has 1 aliphatic heterocycles. The van der Waals surface area contributed by atoms with E-state index in [1.54, 1.807) is 11.9 Å². The average molecular weight is 378 g/mol. The molecule has 28 heavy (non-hydrogen) atoms. The van der Waals surface area contributed by atoms with Crippen molar-refractivity contribution >= 4 is 17.5 Å². The maximum atomic E-state index is 13.4. The van der Waals surface area contributed by atoms with Crippen LogP contribution in [0.1, 0.15) is 41.8 Å². The van der Waals surface area contributed by atoms with Gasteiger partial charge in [-0.3, -0.25) is 9.59 Å². The van der Waals surface area contributed by atoms with Crippen molar-refractivity contribution in [1.29, 1.82) is 0 Å². The Morgan fingerprint density at radius 2 is 1.68 bits per heavy atom. The third kappa shape index (κ3) is 3.80. The van der Waals surface area contributed by atoms with Gasteiger partial charge in [-0.25, -0.2) is 0 Å². The molecular formula is C23H26N2O3. The second-order valence-electron chi connectivity index (χ2n) is 7.74. The van der Waals surface area contributed by atoms with Crippen LogP contribution in [0, 0.1) is 5.92 Å². The lowest BCUT2D eigenvalue weighted by molar-refractivity contribution is -0.119. The lowest BCUT2D eigenvalue weighted by atomic mass is 10.0. The Bertz CT molecular complexity index is 863. The fourth-order valence-corrected chi connectivity index (χ4v) is 3.81. The number of anilines is 1. The smallest absolute Gasteiger partial charge is 0.256 e. The summed E-state index contributed by atoms with van der Waals surface area (Å²) in [5, 5.41) is 0. The first-order valence-corrected chi connectivity index (χ1v) is 9.91. The summed E-state index contributed by atoms with van der Waals surface area (Å²) >= 11 is 0. The quantitative estimate of drug-likeness (QED) is 0.816. The molecule has 0 unspecified atom stereocenters. The number of nitrogens with zero attached hydrogens (tertiary/aromatic N) is 2. The van der Waals surface area contributed by atoms with Crippen LogP contribution in [-0.4, -0.2) is 43.0 Å². The standard InChI is InChI=1S/C23H26N2O3/c1-16-14-25(15-21(28-16)17-8-4-3-5-9-17)23(27)19-10-6-7-11-20(19)24(2)22(26)18-12-13-18/h3-11,16,18,21H,12-15H2,1-2H3/t16-,21+/m1/s1. The van der Waals surface area contributed by atoms with Crippen molar-refractivity contribution in [3.8, 4) is 0 Å². The largest absolute Gasteiger partial charge is 0.367 e. The van der Waals surface area contributed by atoms with Gasteiger partial charge in [0.2, 0.25) is 5.91 Å². The van der Waals surface area contributed by atoms with Crippen molar-refractivity contribution in [2.75, 3.05) is 25.0 Å². The molecule has 0 N–H and O–H groups in total. The molecule has 1 saturated carbocycles. The maximum absolute atomic E-state index is 13.4. The van der Waals surface area contributed by atoms with E-state index in [0.29, 0.717) is 24.3 Å². The van der Waals surface area contributed by atoms with Crippen LogP contribution in [-0.2, 0) is 9.53 Å². The van der Waals surface area contributed by atoms with Crippen LogP contribution in [0.15, 0.2) is 54.6 Å². The summed E-state index contributed by atoms with van der Waals surface area (Å²) in [4.78, 5) is 29.4. The number of amides is 2. The lowest BCUT2D eigenvalue weighted by Crippen LogP contribution is -2.46. The van der Waals surface area contributed by atoms with Gasteiger partial charge in [0.1, 0.15) is 6.10 Å². The molecule has 2 aromatic carbocycles. The molecule has 146 valence electrons. The summed E-state index contributed by atoms with van der Waals surface area (Å²) in [5.41, 5.74) is 2.32. The molecule has 0 bridgehead atoms. The first kappa shape index (κ1) is 18.7. The second-order valence-corrected chi connectivity index (χ2v) is 7.74. The van der Waals surface area contributed by atoms with Crippen molar-refractivity contribution < 1.29 is 14.3 Å². The average Bonchev–Trinajstić information content (AvgIpc) is 3.58. The molecular weight excluding hydrogens is 352 g/mol.